The van der Waals surface area contributed by atoms with Crippen molar-refractivity contribution < 1.29 is 14.7 Å². The standard InChI is InChI=1S/C12H17NO3S/c1-8(2)11(12(15)16)13(3)10(14)7-9-5-4-6-17-9/h4-6,8,11H,7H2,1-3H3,(H,15,16). The van der Waals surface area contributed by atoms with Crippen molar-refractivity contribution in [3.63, 3.8) is 0 Å². The summed E-state index contributed by atoms with van der Waals surface area (Å²) in [5.74, 6) is -1.22. The lowest BCUT2D eigenvalue weighted by Crippen LogP contribution is -2.46. The molecule has 5 heteroatoms. The average molecular weight is 255 g/mol. The first-order valence-electron chi connectivity index (χ1n) is 5.44. The van der Waals surface area contributed by atoms with Crippen LogP contribution in [-0.4, -0.2) is 35.0 Å². The number of nitrogens with zero attached hydrogens (tertiary/aromatic N) is 1. The number of aliphatic carboxylic acids is 1. The molecule has 1 atom stereocenters. The smallest absolute Gasteiger partial charge is 0.326 e. The average Bonchev–Trinajstić information content (AvgIpc) is 2.68. The lowest BCUT2D eigenvalue weighted by Gasteiger charge is -2.27. The summed E-state index contributed by atoms with van der Waals surface area (Å²) in [5.41, 5.74) is 0. The van der Waals surface area contributed by atoms with Crippen molar-refractivity contribution >= 4 is 23.2 Å². The summed E-state index contributed by atoms with van der Waals surface area (Å²) >= 11 is 1.50. The van der Waals surface area contributed by atoms with E-state index in [-0.39, 0.29) is 18.2 Å². The minimum Gasteiger partial charge on any atom is -0.480 e. The van der Waals surface area contributed by atoms with Gasteiger partial charge in [0.05, 0.1) is 6.42 Å². The Morgan fingerprint density at radius 2 is 2.12 bits per heavy atom. The van der Waals surface area contributed by atoms with Crippen molar-refractivity contribution in [2.24, 2.45) is 5.92 Å². The van der Waals surface area contributed by atoms with Gasteiger partial charge in [0.1, 0.15) is 6.04 Å². The first kappa shape index (κ1) is 13.7. The molecule has 1 aromatic heterocycles. The normalized spacial score (nSPS) is 12.5. The van der Waals surface area contributed by atoms with Crippen LogP contribution in [0.2, 0.25) is 0 Å². The summed E-state index contributed by atoms with van der Waals surface area (Å²) in [7, 11) is 1.55. The van der Waals surface area contributed by atoms with Crippen LogP contribution < -0.4 is 0 Å². The number of carbonyl (C=O) groups is 2. The molecule has 0 aliphatic rings. The molecule has 0 aromatic carbocycles. The zero-order valence-corrected chi connectivity index (χ0v) is 11.0. The summed E-state index contributed by atoms with van der Waals surface area (Å²) in [6.07, 6.45) is 0.269. The molecular formula is C12H17NO3S. The Labute approximate surface area is 105 Å². The van der Waals surface area contributed by atoms with E-state index in [4.69, 9.17) is 5.11 Å². The maximum atomic E-state index is 11.9. The molecular weight excluding hydrogens is 238 g/mol. The fraction of sp³-hybridized carbons (Fsp3) is 0.500. The molecule has 1 heterocycles. The SMILES string of the molecule is CC(C)C(C(=O)O)N(C)C(=O)Cc1cccs1. The monoisotopic (exact) mass is 255 g/mol. The Hall–Kier alpha value is -1.36. The molecule has 0 aliphatic carbocycles. The molecule has 0 fully saturated rings. The highest BCUT2D eigenvalue weighted by atomic mass is 32.1. The number of thiophene rings is 1. The molecule has 0 saturated carbocycles. The van der Waals surface area contributed by atoms with E-state index in [2.05, 4.69) is 0 Å². The Morgan fingerprint density at radius 1 is 1.47 bits per heavy atom. The first-order valence-corrected chi connectivity index (χ1v) is 6.32. The Morgan fingerprint density at radius 3 is 2.53 bits per heavy atom. The van der Waals surface area contributed by atoms with E-state index in [9.17, 15) is 9.59 Å². The number of amides is 1. The van der Waals surface area contributed by atoms with E-state index < -0.39 is 12.0 Å². The second-order valence-corrected chi connectivity index (χ2v) is 5.32. The molecule has 0 spiro atoms. The van der Waals surface area contributed by atoms with E-state index in [0.717, 1.165) is 4.88 Å². The molecule has 1 aromatic rings. The molecule has 94 valence electrons. The summed E-state index contributed by atoms with van der Waals surface area (Å²) < 4.78 is 0. The summed E-state index contributed by atoms with van der Waals surface area (Å²) in [6, 6.07) is 2.99. The highest BCUT2D eigenvalue weighted by molar-refractivity contribution is 7.10. The van der Waals surface area contributed by atoms with Crippen molar-refractivity contribution in [1.82, 2.24) is 4.90 Å². The van der Waals surface area contributed by atoms with Crippen LogP contribution in [0.5, 0.6) is 0 Å². The number of carboxylic acids is 1. The Bertz CT molecular complexity index is 386. The molecule has 0 radical (unpaired) electrons. The van der Waals surface area contributed by atoms with Crippen LogP contribution in [0.15, 0.2) is 17.5 Å². The maximum absolute atomic E-state index is 11.9. The number of hydrogen-bond donors (Lipinski definition) is 1. The van der Waals surface area contributed by atoms with Gasteiger partial charge in [0.2, 0.25) is 5.91 Å². The predicted octanol–water partition coefficient (Wildman–Crippen LogP) is 1.86. The van der Waals surface area contributed by atoms with Crippen LogP contribution in [0.4, 0.5) is 0 Å². The van der Waals surface area contributed by atoms with Crippen molar-refractivity contribution in [3.05, 3.63) is 22.4 Å². The zero-order chi connectivity index (χ0) is 13.0. The molecule has 0 bridgehead atoms. The lowest BCUT2D eigenvalue weighted by molar-refractivity contribution is -0.150. The molecule has 17 heavy (non-hydrogen) atoms. The molecule has 1 rings (SSSR count). The highest BCUT2D eigenvalue weighted by Crippen LogP contribution is 2.14. The van der Waals surface area contributed by atoms with Gasteiger partial charge in [-0.15, -0.1) is 11.3 Å². The fourth-order valence-corrected chi connectivity index (χ4v) is 2.44. The maximum Gasteiger partial charge on any atom is 0.326 e. The predicted molar refractivity (Wildman–Crippen MR) is 67.1 cm³/mol. The number of carboxylic acid groups (broad SMARTS) is 1. The molecule has 4 nitrogen and oxygen atoms in total. The van der Waals surface area contributed by atoms with Crippen molar-refractivity contribution in [1.29, 1.82) is 0 Å². The van der Waals surface area contributed by atoms with Gasteiger partial charge in [-0.3, -0.25) is 4.79 Å². The van der Waals surface area contributed by atoms with Crippen LogP contribution in [0.3, 0.4) is 0 Å². The number of rotatable bonds is 5. The van der Waals surface area contributed by atoms with E-state index in [1.54, 1.807) is 20.9 Å². The van der Waals surface area contributed by atoms with E-state index in [1.807, 2.05) is 17.5 Å². The molecule has 1 unspecified atom stereocenters. The van der Waals surface area contributed by atoms with Gasteiger partial charge in [0.15, 0.2) is 0 Å². The third kappa shape index (κ3) is 3.56. The van der Waals surface area contributed by atoms with Crippen molar-refractivity contribution in [3.8, 4) is 0 Å². The highest BCUT2D eigenvalue weighted by Gasteiger charge is 2.29. The van der Waals surface area contributed by atoms with Crippen molar-refractivity contribution in [2.75, 3.05) is 7.05 Å². The second kappa shape index (κ2) is 5.82. The van der Waals surface area contributed by atoms with Gasteiger partial charge < -0.3 is 10.0 Å². The third-order valence-electron chi connectivity index (χ3n) is 2.60. The van der Waals surface area contributed by atoms with E-state index in [1.165, 1.54) is 16.2 Å². The lowest BCUT2D eigenvalue weighted by atomic mass is 10.0. The van der Waals surface area contributed by atoms with Crippen LogP contribution >= 0.6 is 11.3 Å². The number of carbonyl (C=O) groups excluding carboxylic acids is 1. The van der Waals surface area contributed by atoms with Gasteiger partial charge in [0.25, 0.3) is 0 Å². The quantitative estimate of drug-likeness (QED) is 0.873. The minimum atomic E-state index is -0.956. The van der Waals surface area contributed by atoms with Crippen LogP contribution in [0, 0.1) is 5.92 Å². The molecule has 0 aliphatic heterocycles. The molecule has 1 amide bonds. The summed E-state index contributed by atoms with van der Waals surface area (Å²) in [4.78, 5) is 25.3. The minimum absolute atomic E-state index is 0.107. The first-order chi connectivity index (χ1) is 7.93. The fourth-order valence-electron chi connectivity index (χ4n) is 1.74. The molecule has 1 N–H and O–H groups in total. The van der Waals surface area contributed by atoms with Crippen molar-refractivity contribution in [2.45, 2.75) is 26.3 Å². The van der Waals surface area contributed by atoms with Gasteiger partial charge in [-0.1, -0.05) is 19.9 Å². The Kier molecular flexibility index (Phi) is 4.69. The van der Waals surface area contributed by atoms with Gasteiger partial charge in [-0.2, -0.15) is 0 Å². The van der Waals surface area contributed by atoms with Crippen LogP contribution in [-0.2, 0) is 16.0 Å². The zero-order valence-electron chi connectivity index (χ0n) is 10.2. The van der Waals surface area contributed by atoms with Gasteiger partial charge in [-0.25, -0.2) is 4.79 Å². The third-order valence-corrected chi connectivity index (χ3v) is 3.48. The van der Waals surface area contributed by atoms with E-state index >= 15 is 0 Å². The van der Waals surface area contributed by atoms with E-state index in [0.29, 0.717) is 0 Å². The largest absolute Gasteiger partial charge is 0.480 e. The van der Waals surface area contributed by atoms with Crippen LogP contribution in [0.1, 0.15) is 18.7 Å². The summed E-state index contributed by atoms with van der Waals surface area (Å²) in [5, 5.41) is 11.0. The van der Waals surface area contributed by atoms with Gasteiger partial charge in [-0.05, 0) is 17.4 Å². The second-order valence-electron chi connectivity index (χ2n) is 4.29. The Balaban J connectivity index is 2.70. The van der Waals surface area contributed by atoms with Crippen LogP contribution in [0.25, 0.3) is 0 Å². The number of likely N-dealkylation sites (N-methyl/N-ethyl adjacent to an activating group) is 1. The van der Waals surface area contributed by atoms with Gasteiger partial charge >= 0.3 is 5.97 Å². The summed E-state index contributed by atoms with van der Waals surface area (Å²) in [6.45, 7) is 3.60. The number of hydrogen-bond acceptors (Lipinski definition) is 3. The molecule has 0 saturated heterocycles. The topological polar surface area (TPSA) is 57.6 Å². The van der Waals surface area contributed by atoms with Gasteiger partial charge in [0, 0.05) is 11.9 Å².